The molecule has 2 aromatic carbocycles. The Hall–Kier alpha value is -5.20. The highest BCUT2D eigenvalue weighted by atomic mass is 16.6. The number of unbranched alkanes of at least 4 members (excludes halogenated alkanes) is 1. The Morgan fingerprint density at radius 1 is 0.543 bits per heavy atom. The van der Waals surface area contributed by atoms with E-state index in [2.05, 4.69) is 44.3 Å². The molecule has 0 atom stereocenters. The molecule has 3 N–H and O–H groups in total. The van der Waals surface area contributed by atoms with Crippen LogP contribution in [0.25, 0.3) is 0 Å². The molecule has 0 saturated carbocycles. The van der Waals surface area contributed by atoms with E-state index in [9.17, 15) is 44.5 Å². The molecule has 0 spiro atoms. The van der Waals surface area contributed by atoms with Crippen LogP contribution in [-0.2, 0) is 64.6 Å². The lowest BCUT2D eigenvalue weighted by atomic mass is 10.1. The molecule has 22 heteroatoms. The average molecular weight is 986 g/mol. The fourth-order valence-corrected chi connectivity index (χ4v) is 8.06. The maximum absolute atomic E-state index is 12.9. The van der Waals surface area contributed by atoms with Crippen molar-refractivity contribution in [1.82, 2.24) is 35.1 Å². The summed E-state index contributed by atoms with van der Waals surface area (Å²) in [6.45, 7) is 12.1. The molecule has 0 bridgehead atoms. The third-order valence-electron chi connectivity index (χ3n) is 12.3. The fraction of sp³-hybridized carbons (Fsp3) is 0.667. The zero-order valence-corrected chi connectivity index (χ0v) is 41.2. The van der Waals surface area contributed by atoms with Crippen molar-refractivity contribution in [3.05, 3.63) is 78.9 Å². The Bertz CT molecular complexity index is 1810. The number of nitrogens with one attached hydrogen (secondary N) is 2. The second-order valence-corrected chi connectivity index (χ2v) is 17.8. The van der Waals surface area contributed by atoms with Crippen LogP contribution in [0.1, 0.15) is 73.6 Å². The first-order chi connectivity index (χ1) is 33.8. The third kappa shape index (κ3) is 22.3. The highest BCUT2D eigenvalue weighted by Crippen LogP contribution is 2.27. The minimum Gasteiger partial charge on any atom is -0.460 e. The molecule has 2 aromatic rings. The van der Waals surface area contributed by atoms with Gasteiger partial charge >= 0.3 is 23.9 Å². The average Bonchev–Trinajstić information content (AvgIpc) is 3.34. The van der Waals surface area contributed by atoms with Gasteiger partial charge in [0.1, 0.15) is 26.4 Å². The molecule has 0 aromatic heterocycles. The number of rotatable bonds is 34. The highest BCUT2D eigenvalue weighted by Gasteiger charge is 2.24. The minimum absolute atomic E-state index is 0.0460. The number of benzene rings is 2. The number of para-hydroxylation sites is 2. The van der Waals surface area contributed by atoms with Crippen molar-refractivity contribution in [3.8, 4) is 0 Å². The first-order valence-corrected chi connectivity index (χ1v) is 24.5. The number of nitro benzene ring substituents is 2. The van der Waals surface area contributed by atoms with E-state index in [1.54, 1.807) is 12.1 Å². The number of esters is 4. The van der Waals surface area contributed by atoms with E-state index >= 15 is 0 Å². The van der Waals surface area contributed by atoms with E-state index in [0.29, 0.717) is 32.5 Å². The van der Waals surface area contributed by atoms with Crippen LogP contribution < -0.4 is 10.6 Å². The summed E-state index contributed by atoms with van der Waals surface area (Å²) in [4.78, 5) is 85.0. The van der Waals surface area contributed by atoms with Crippen molar-refractivity contribution in [2.75, 3.05) is 132 Å². The summed E-state index contributed by atoms with van der Waals surface area (Å²) in [7, 11) is 4.24. The first-order valence-electron chi connectivity index (χ1n) is 24.5. The van der Waals surface area contributed by atoms with Crippen molar-refractivity contribution in [2.24, 2.45) is 0 Å². The smallest absolute Gasteiger partial charge is 0.307 e. The third-order valence-corrected chi connectivity index (χ3v) is 12.3. The van der Waals surface area contributed by atoms with Crippen molar-refractivity contribution in [2.45, 2.75) is 77.8 Å². The summed E-state index contributed by atoms with van der Waals surface area (Å²) in [6.07, 6.45) is 2.95. The second-order valence-electron chi connectivity index (χ2n) is 17.8. The number of aliphatic hydroxyl groups excluding tert-OH is 1. The number of ether oxygens (including phenoxy) is 4. The molecule has 0 amide bonds. The van der Waals surface area contributed by atoms with Crippen molar-refractivity contribution in [1.29, 1.82) is 0 Å². The van der Waals surface area contributed by atoms with Crippen LogP contribution in [0, 0.1) is 20.2 Å². The van der Waals surface area contributed by atoms with Crippen molar-refractivity contribution >= 4 is 35.3 Å². The van der Waals surface area contributed by atoms with E-state index in [-0.39, 0.29) is 92.2 Å². The molecule has 2 aliphatic rings. The van der Waals surface area contributed by atoms with Crippen LogP contribution in [0.3, 0.4) is 0 Å². The van der Waals surface area contributed by atoms with E-state index in [4.69, 9.17) is 18.9 Å². The molecule has 2 fully saturated rings. The summed E-state index contributed by atoms with van der Waals surface area (Å²) in [5, 5.41) is 40.1. The van der Waals surface area contributed by atoms with E-state index in [1.807, 2.05) is 4.90 Å². The Balaban J connectivity index is 1.16. The number of likely N-dealkylation sites (N-methyl/N-ethyl adjacent to an activating group) is 2. The SMILES string of the molecule is CN1CCN(CCCNCCC(=O)OCc2cccc(COC(=O)CCN(CCCCO)CCC(=O)OCc3cccc(COC(=O)CCNCCCN4CCN(C)CC4)c3[N+](=O)[O-])c2[N+](=O)[O-])CC1. The van der Waals surface area contributed by atoms with E-state index in [1.165, 1.54) is 24.3 Å². The van der Waals surface area contributed by atoms with Gasteiger partial charge in [-0.2, -0.15) is 0 Å². The number of carbonyl (C=O) groups is 4. The molecule has 2 aliphatic heterocycles. The highest BCUT2D eigenvalue weighted by molar-refractivity contribution is 5.71. The van der Waals surface area contributed by atoms with E-state index in [0.717, 1.165) is 91.4 Å². The minimum atomic E-state index is -0.640. The number of nitro groups is 2. The van der Waals surface area contributed by atoms with Gasteiger partial charge in [0.25, 0.3) is 11.4 Å². The van der Waals surface area contributed by atoms with Gasteiger partial charge in [-0.05, 0) is 96.8 Å². The predicted molar refractivity (Wildman–Crippen MR) is 259 cm³/mol. The molecule has 2 heterocycles. The lowest BCUT2D eigenvalue weighted by Crippen LogP contribution is -2.45. The van der Waals surface area contributed by atoms with E-state index < -0.39 is 46.9 Å². The molecular weight excluding hydrogens is 911 g/mol. The largest absolute Gasteiger partial charge is 0.460 e. The van der Waals surface area contributed by atoms with Crippen molar-refractivity contribution in [3.63, 3.8) is 0 Å². The molecule has 22 nitrogen and oxygen atoms in total. The van der Waals surface area contributed by atoms with Gasteiger partial charge < -0.3 is 59.2 Å². The summed E-state index contributed by atoms with van der Waals surface area (Å²) in [5.74, 6) is -2.28. The fourth-order valence-electron chi connectivity index (χ4n) is 8.06. The Kier molecular flexibility index (Phi) is 26.8. The lowest BCUT2D eigenvalue weighted by molar-refractivity contribution is -0.387. The van der Waals surface area contributed by atoms with Gasteiger partial charge in [-0.15, -0.1) is 0 Å². The molecular formula is C48H75N9O13. The summed E-state index contributed by atoms with van der Waals surface area (Å²) >= 11 is 0. The molecule has 4 rings (SSSR count). The van der Waals surface area contributed by atoms with Crippen LogP contribution in [0.5, 0.6) is 0 Å². The number of aliphatic hydroxyl groups is 1. The Labute approximate surface area is 411 Å². The number of piperazine rings is 2. The number of hydrogen-bond donors (Lipinski definition) is 3. The van der Waals surface area contributed by atoms with Crippen LogP contribution in [0.4, 0.5) is 11.4 Å². The van der Waals surface area contributed by atoms with Gasteiger partial charge in [-0.3, -0.25) is 39.4 Å². The molecule has 70 heavy (non-hydrogen) atoms. The number of nitrogens with zero attached hydrogens (tertiary/aromatic N) is 7. The maximum atomic E-state index is 12.9. The monoisotopic (exact) mass is 986 g/mol. The summed E-state index contributed by atoms with van der Waals surface area (Å²) < 4.78 is 21.6. The van der Waals surface area contributed by atoms with Crippen LogP contribution in [-0.4, -0.2) is 195 Å². The lowest BCUT2D eigenvalue weighted by Gasteiger charge is -2.32. The normalized spacial score (nSPS) is 14.9. The van der Waals surface area contributed by atoms with Gasteiger partial charge in [-0.25, -0.2) is 0 Å². The molecule has 0 unspecified atom stereocenters. The van der Waals surface area contributed by atoms with Crippen LogP contribution in [0.2, 0.25) is 0 Å². The zero-order chi connectivity index (χ0) is 50.5. The van der Waals surface area contributed by atoms with Gasteiger partial charge in [0.2, 0.25) is 0 Å². The zero-order valence-electron chi connectivity index (χ0n) is 41.2. The Morgan fingerprint density at radius 3 is 1.24 bits per heavy atom. The van der Waals surface area contributed by atoms with Gasteiger partial charge in [-0.1, -0.05) is 12.1 Å². The quantitative estimate of drug-likeness (QED) is 0.0299. The van der Waals surface area contributed by atoms with Crippen LogP contribution in [0.15, 0.2) is 36.4 Å². The standard InChI is InChI=1S/C48H75N9O13/c1-51-26-30-54(31-27-51)22-7-17-49-19-13-43(59)67-35-39-9-5-11-41(47(39)56(63)64)37-69-45(61)15-24-53(21-3-4-34-58)25-16-46(62)70-38-42-12-6-10-40(48(42)57(65)66)36-68-44(60)14-20-50-18-8-23-55-32-28-52(2)29-33-55/h5-6,9-12,49-50,58H,3-4,7-8,13-38H2,1-2H3. The second kappa shape index (κ2) is 32.6. The van der Waals surface area contributed by atoms with Gasteiger partial charge in [0.15, 0.2) is 0 Å². The number of hydrogen-bond acceptors (Lipinski definition) is 20. The number of carbonyl (C=O) groups excluding carboxylic acids is 4. The molecule has 2 saturated heterocycles. The van der Waals surface area contributed by atoms with Gasteiger partial charge in [0.05, 0.1) is 57.8 Å². The predicted octanol–water partition coefficient (Wildman–Crippen LogP) is 2.47. The first kappa shape index (κ1) is 57.4. The maximum Gasteiger partial charge on any atom is 0.307 e. The summed E-state index contributed by atoms with van der Waals surface area (Å²) in [5.41, 5.74) is -0.0205. The van der Waals surface area contributed by atoms with Crippen molar-refractivity contribution < 1.29 is 53.1 Å². The van der Waals surface area contributed by atoms with Crippen LogP contribution >= 0.6 is 0 Å². The molecule has 390 valence electrons. The Morgan fingerprint density at radius 2 is 0.900 bits per heavy atom. The van der Waals surface area contributed by atoms with Gasteiger partial charge in [0, 0.05) is 85.1 Å². The molecule has 0 radical (unpaired) electrons. The molecule has 0 aliphatic carbocycles. The topological polar surface area (TPSA) is 252 Å². The summed E-state index contributed by atoms with van der Waals surface area (Å²) in [6, 6.07) is 9.03.